The lowest BCUT2D eigenvalue weighted by Gasteiger charge is -2.04. The van der Waals surface area contributed by atoms with Crippen molar-refractivity contribution in [2.75, 3.05) is 0 Å². The summed E-state index contributed by atoms with van der Waals surface area (Å²) in [6, 6.07) is 5.24. The summed E-state index contributed by atoms with van der Waals surface area (Å²) in [6.45, 7) is 1.82. The molecule has 0 spiro atoms. The van der Waals surface area contributed by atoms with E-state index in [2.05, 4.69) is 0 Å². The first-order chi connectivity index (χ1) is 5.65. The highest BCUT2D eigenvalue weighted by Gasteiger charge is 2.12. The summed E-state index contributed by atoms with van der Waals surface area (Å²) in [5.74, 6) is 0. The molecule has 0 aliphatic rings. The Labute approximate surface area is 77.0 Å². The van der Waals surface area contributed by atoms with Crippen LogP contribution in [-0.2, 0) is 0 Å². The van der Waals surface area contributed by atoms with Gasteiger partial charge in [-0.15, -0.1) is 0 Å². The molecule has 1 aromatic carbocycles. The van der Waals surface area contributed by atoms with Crippen LogP contribution in [0.3, 0.4) is 0 Å². The second kappa shape index (κ2) is 3.80. The van der Waals surface area contributed by atoms with Crippen LogP contribution in [0.2, 0.25) is 0 Å². The van der Waals surface area contributed by atoms with E-state index in [1.54, 1.807) is 17.5 Å². The molecule has 0 aromatic heterocycles. The van der Waals surface area contributed by atoms with Crippen LogP contribution in [0.5, 0.6) is 0 Å². The minimum absolute atomic E-state index is 0.524. The van der Waals surface area contributed by atoms with Gasteiger partial charge in [0.15, 0.2) is 0 Å². The van der Waals surface area contributed by atoms with Crippen molar-refractivity contribution in [2.24, 2.45) is 0 Å². The molecular formula is C8H9BO2S. The molecule has 0 aliphatic heterocycles. The van der Waals surface area contributed by atoms with Crippen LogP contribution in [-0.4, -0.2) is 22.5 Å². The summed E-state index contributed by atoms with van der Waals surface area (Å²) in [5.41, 5.74) is 2.27. The standard InChI is InChI=1S/C8H9BO2S/c1-6-4-7(5-12)2-3-8(6)9(10)11/h2-5,10-11H,1H3. The molecule has 4 heteroatoms. The Morgan fingerprint density at radius 1 is 1.42 bits per heavy atom. The number of hydrogen-bond donors (Lipinski definition) is 2. The molecule has 0 heterocycles. The molecule has 0 radical (unpaired) electrons. The fourth-order valence-electron chi connectivity index (χ4n) is 1.06. The third-order valence-corrected chi connectivity index (χ3v) is 1.98. The average Bonchev–Trinajstić information content (AvgIpc) is 2.03. The quantitative estimate of drug-likeness (QED) is 0.498. The topological polar surface area (TPSA) is 40.5 Å². The van der Waals surface area contributed by atoms with E-state index in [0.29, 0.717) is 5.46 Å². The minimum atomic E-state index is -1.40. The third-order valence-electron chi connectivity index (χ3n) is 1.71. The molecule has 0 bridgehead atoms. The van der Waals surface area contributed by atoms with Crippen molar-refractivity contribution < 1.29 is 10.0 Å². The first kappa shape index (κ1) is 9.38. The van der Waals surface area contributed by atoms with Crippen LogP contribution in [0, 0.1) is 6.92 Å². The fraction of sp³-hybridized carbons (Fsp3) is 0.125. The molecule has 2 nitrogen and oxygen atoms in total. The van der Waals surface area contributed by atoms with Crippen molar-refractivity contribution in [2.45, 2.75) is 6.92 Å². The van der Waals surface area contributed by atoms with Gasteiger partial charge in [-0.2, -0.15) is 0 Å². The van der Waals surface area contributed by atoms with E-state index < -0.39 is 7.12 Å². The van der Waals surface area contributed by atoms with E-state index in [-0.39, 0.29) is 0 Å². The van der Waals surface area contributed by atoms with E-state index in [0.717, 1.165) is 11.1 Å². The fourth-order valence-corrected chi connectivity index (χ4v) is 1.21. The predicted octanol–water partition coefficient (Wildman–Crippen LogP) is 0.0226. The molecule has 2 N–H and O–H groups in total. The SMILES string of the molecule is Cc1cc(C=S)ccc1B(O)O. The Bertz CT molecular complexity index is 299. The van der Waals surface area contributed by atoms with E-state index in [1.807, 2.05) is 13.0 Å². The zero-order valence-corrected chi connectivity index (χ0v) is 7.51. The minimum Gasteiger partial charge on any atom is -0.423 e. The molecule has 0 saturated heterocycles. The molecule has 0 aliphatic carbocycles. The van der Waals surface area contributed by atoms with E-state index in [4.69, 9.17) is 22.3 Å². The zero-order valence-electron chi connectivity index (χ0n) is 6.69. The van der Waals surface area contributed by atoms with Crippen molar-refractivity contribution in [3.8, 4) is 0 Å². The zero-order chi connectivity index (χ0) is 9.14. The number of benzene rings is 1. The average molecular weight is 180 g/mol. The van der Waals surface area contributed by atoms with Crippen LogP contribution < -0.4 is 5.46 Å². The number of aryl methyl sites for hydroxylation is 1. The van der Waals surface area contributed by atoms with Crippen LogP contribution >= 0.6 is 12.2 Å². The van der Waals surface area contributed by atoms with Crippen molar-refractivity contribution in [1.29, 1.82) is 0 Å². The van der Waals surface area contributed by atoms with Crippen LogP contribution in [0.15, 0.2) is 18.2 Å². The van der Waals surface area contributed by atoms with Crippen LogP contribution in [0.1, 0.15) is 11.1 Å². The van der Waals surface area contributed by atoms with Gasteiger partial charge in [0.1, 0.15) is 0 Å². The van der Waals surface area contributed by atoms with Crippen molar-refractivity contribution in [1.82, 2.24) is 0 Å². The molecule has 1 aromatic rings. The van der Waals surface area contributed by atoms with Gasteiger partial charge in [0, 0.05) is 5.37 Å². The van der Waals surface area contributed by atoms with Crippen molar-refractivity contribution in [3.05, 3.63) is 29.3 Å². The third kappa shape index (κ3) is 1.91. The van der Waals surface area contributed by atoms with E-state index >= 15 is 0 Å². The lowest BCUT2D eigenvalue weighted by molar-refractivity contribution is 0.425. The van der Waals surface area contributed by atoms with Gasteiger partial charge in [-0.3, -0.25) is 0 Å². The normalized spacial score (nSPS) is 9.58. The second-order valence-corrected chi connectivity index (χ2v) is 2.84. The first-order valence-corrected chi connectivity index (χ1v) is 4.04. The summed E-state index contributed by atoms with van der Waals surface area (Å²) < 4.78 is 0. The van der Waals surface area contributed by atoms with Gasteiger partial charge < -0.3 is 10.0 Å². The monoisotopic (exact) mass is 180 g/mol. The highest BCUT2D eigenvalue weighted by molar-refractivity contribution is 7.79. The number of hydrogen-bond acceptors (Lipinski definition) is 3. The lowest BCUT2D eigenvalue weighted by Crippen LogP contribution is -2.32. The Hall–Kier alpha value is -0.705. The maximum atomic E-state index is 8.89. The van der Waals surface area contributed by atoms with Gasteiger partial charge in [-0.05, 0) is 17.9 Å². The van der Waals surface area contributed by atoms with Gasteiger partial charge in [0.2, 0.25) is 0 Å². The molecule has 0 amide bonds. The highest BCUT2D eigenvalue weighted by atomic mass is 32.1. The summed E-state index contributed by atoms with van der Waals surface area (Å²) >= 11 is 4.74. The maximum absolute atomic E-state index is 8.89. The first-order valence-electron chi connectivity index (χ1n) is 3.57. The highest BCUT2D eigenvalue weighted by Crippen LogP contribution is 1.99. The molecule has 0 fully saturated rings. The van der Waals surface area contributed by atoms with Gasteiger partial charge in [-0.1, -0.05) is 36.0 Å². The smallest absolute Gasteiger partial charge is 0.423 e. The predicted molar refractivity (Wildman–Crippen MR) is 53.8 cm³/mol. The van der Waals surface area contributed by atoms with E-state index in [9.17, 15) is 0 Å². The largest absolute Gasteiger partial charge is 0.488 e. The molecule has 12 heavy (non-hydrogen) atoms. The molecule has 1 rings (SSSR count). The van der Waals surface area contributed by atoms with Gasteiger partial charge in [0.05, 0.1) is 0 Å². The Morgan fingerprint density at radius 2 is 2.08 bits per heavy atom. The Balaban J connectivity index is 3.11. The molecular weight excluding hydrogens is 171 g/mol. The molecule has 0 unspecified atom stereocenters. The summed E-state index contributed by atoms with van der Waals surface area (Å²) in [4.78, 5) is 0. The Kier molecular flexibility index (Phi) is 2.97. The van der Waals surface area contributed by atoms with E-state index in [1.165, 1.54) is 0 Å². The molecule has 0 atom stereocenters. The maximum Gasteiger partial charge on any atom is 0.488 e. The van der Waals surface area contributed by atoms with Gasteiger partial charge in [0.25, 0.3) is 0 Å². The molecule has 62 valence electrons. The van der Waals surface area contributed by atoms with Crippen molar-refractivity contribution >= 4 is 30.2 Å². The number of thiocarbonyl (C=S) groups is 1. The van der Waals surface area contributed by atoms with Gasteiger partial charge in [-0.25, -0.2) is 0 Å². The summed E-state index contributed by atoms with van der Waals surface area (Å²) in [5, 5.41) is 19.3. The lowest BCUT2D eigenvalue weighted by atomic mass is 9.77. The van der Waals surface area contributed by atoms with Gasteiger partial charge >= 0.3 is 7.12 Å². The molecule has 0 saturated carbocycles. The Morgan fingerprint density at radius 3 is 2.50 bits per heavy atom. The van der Waals surface area contributed by atoms with Crippen molar-refractivity contribution in [3.63, 3.8) is 0 Å². The number of rotatable bonds is 2. The summed E-state index contributed by atoms with van der Waals surface area (Å²) in [6.07, 6.45) is 0. The second-order valence-electron chi connectivity index (χ2n) is 2.61. The van der Waals surface area contributed by atoms with Crippen LogP contribution in [0.4, 0.5) is 0 Å². The van der Waals surface area contributed by atoms with Crippen LogP contribution in [0.25, 0.3) is 0 Å². The summed E-state index contributed by atoms with van der Waals surface area (Å²) in [7, 11) is -1.40.